The smallest absolute Gasteiger partial charge is 0.0453 e. The predicted octanol–water partition coefficient (Wildman–Crippen LogP) is 3.53. The molecule has 0 radical (unpaired) electrons. The molecule has 1 unspecified atom stereocenters. The van der Waals surface area contributed by atoms with Crippen LogP contribution in [0.3, 0.4) is 0 Å². The lowest BCUT2D eigenvalue weighted by Crippen LogP contribution is -2.29. The van der Waals surface area contributed by atoms with Gasteiger partial charge in [0.2, 0.25) is 0 Å². The van der Waals surface area contributed by atoms with Crippen molar-refractivity contribution in [3.63, 3.8) is 0 Å². The van der Waals surface area contributed by atoms with Gasteiger partial charge in [0.25, 0.3) is 0 Å². The average Bonchev–Trinajstić information content (AvgIpc) is 3.01. The predicted molar refractivity (Wildman–Crippen MR) is 65.7 cm³/mol. The molecule has 0 aliphatic heterocycles. The molecule has 0 bridgehead atoms. The Morgan fingerprint density at radius 3 is 2.40 bits per heavy atom. The molecule has 0 amide bonds. The third-order valence-corrected chi connectivity index (χ3v) is 3.76. The summed E-state index contributed by atoms with van der Waals surface area (Å²) in [7, 11) is 2.01. The molecule has 2 rings (SSSR count). The fourth-order valence-electron chi connectivity index (χ4n) is 1.95. The molecular formula is C12H15Cl2N. The molecule has 82 valence electrons. The zero-order chi connectivity index (χ0) is 10.8. The van der Waals surface area contributed by atoms with Gasteiger partial charge in [-0.05, 0) is 49.9 Å². The van der Waals surface area contributed by atoms with Crippen LogP contribution in [0.5, 0.6) is 0 Å². The molecule has 1 aromatic carbocycles. The van der Waals surface area contributed by atoms with Gasteiger partial charge >= 0.3 is 0 Å². The van der Waals surface area contributed by atoms with E-state index in [2.05, 4.69) is 5.32 Å². The van der Waals surface area contributed by atoms with Crippen LogP contribution in [0, 0.1) is 5.92 Å². The molecule has 3 heteroatoms. The fraction of sp³-hybridized carbons (Fsp3) is 0.500. The van der Waals surface area contributed by atoms with E-state index in [0.717, 1.165) is 27.9 Å². The molecule has 1 N–H and O–H groups in total. The minimum Gasteiger partial charge on any atom is -0.316 e. The summed E-state index contributed by atoms with van der Waals surface area (Å²) in [5.41, 5.74) is 1.08. The van der Waals surface area contributed by atoms with Crippen LogP contribution in [0.15, 0.2) is 18.2 Å². The Morgan fingerprint density at radius 2 is 1.93 bits per heavy atom. The Balaban J connectivity index is 2.14. The van der Waals surface area contributed by atoms with Crippen molar-refractivity contribution in [2.75, 3.05) is 7.05 Å². The molecule has 1 atom stereocenters. The monoisotopic (exact) mass is 243 g/mol. The van der Waals surface area contributed by atoms with Crippen LogP contribution in [-0.2, 0) is 6.42 Å². The standard InChI is InChI=1S/C12H15Cl2N/c1-15-12(8-5-6-8)7-9-10(13)3-2-4-11(9)14/h2-4,8,12,15H,5-7H2,1H3. The van der Waals surface area contributed by atoms with E-state index in [-0.39, 0.29) is 0 Å². The summed E-state index contributed by atoms with van der Waals surface area (Å²) in [6.07, 6.45) is 3.58. The highest BCUT2D eigenvalue weighted by Crippen LogP contribution is 2.36. The molecule has 15 heavy (non-hydrogen) atoms. The van der Waals surface area contributed by atoms with E-state index in [1.54, 1.807) is 0 Å². The van der Waals surface area contributed by atoms with Crippen LogP contribution in [0.2, 0.25) is 10.0 Å². The topological polar surface area (TPSA) is 12.0 Å². The third kappa shape index (κ3) is 2.66. The number of hydrogen-bond donors (Lipinski definition) is 1. The average molecular weight is 244 g/mol. The number of hydrogen-bond acceptors (Lipinski definition) is 1. The van der Waals surface area contributed by atoms with E-state index in [1.807, 2.05) is 25.2 Å². The molecule has 1 saturated carbocycles. The van der Waals surface area contributed by atoms with Crippen molar-refractivity contribution < 1.29 is 0 Å². The van der Waals surface area contributed by atoms with Crippen LogP contribution in [0.25, 0.3) is 0 Å². The molecular weight excluding hydrogens is 229 g/mol. The van der Waals surface area contributed by atoms with Crippen molar-refractivity contribution in [3.05, 3.63) is 33.8 Å². The lowest BCUT2D eigenvalue weighted by Gasteiger charge is -2.17. The summed E-state index contributed by atoms with van der Waals surface area (Å²) < 4.78 is 0. The van der Waals surface area contributed by atoms with Crippen LogP contribution in [0.4, 0.5) is 0 Å². The van der Waals surface area contributed by atoms with Crippen molar-refractivity contribution in [2.45, 2.75) is 25.3 Å². The van der Waals surface area contributed by atoms with Gasteiger partial charge in [-0.2, -0.15) is 0 Å². The largest absolute Gasteiger partial charge is 0.316 e. The van der Waals surface area contributed by atoms with E-state index in [0.29, 0.717) is 6.04 Å². The van der Waals surface area contributed by atoms with E-state index in [1.165, 1.54) is 12.8 Å². The minimum absolute atomic E-state index is 0.516. The number of rotatable bonds is 4. The summed E-state index contributed by atoms with van der Waals surface area (Å²) in [6, 6.07) is 6.21. The van der Waals surface area contributed by atoms with Crippen LogP contribution in [-0.4, -0.2) is 13.1 Å². The first-order valence-corrected chi connectivity index (χ1v) is 6.08. The second kappa shape index (κ2) is 4.73. The number of benzene rings is 1. The molecule has 0 spiro atoms. The number of likely N-dealkylation sites (N-methyl/N-ethyl adjacent to an activating group) is 1. The first kappa shape index (κ1) is 11.3. The molecule has 1 aromatic rings. The Bertz CT molecular complexity index is 327. The van der Waals surface area contributed by atoms with Gasteiger partial charge in [0.1, 0.15) is 0 Å². The first-order valence-electron chi connectivity index (χ1n) is 5.32. The maximum absolute atomic E-state index is 6.14. The summed E-state index contributed by atoms with van der Waals surface area (Å²) in [6.45, 7) is 0. The maximum atomic E-state index is 6.14. The van der Waals surface area contributed by atoms with Crippen LogP contribution in [0.1, 0.15) is 18.4 Å². The number of halogens is 2. The number of nitrogens with one attached hydrogen (secondary N) is 1. The molecule has 0 heterocycles. The Labute approximate surface area is 101 Å². The zero-order valence-corrected chi connectivity index (χ0v) is 10.3. The summed E-state index contributed by atoms with van der Waals surface area (Å²) in [5, 5.41) is 4.91. The lowest BCUT2D eigenvalue weighted by atomic mass is 10.0. The van der Waals surface area contributed by atoms with Crippen molar-refractivity contribution in [2.24, 2.45) is 5.92 Å². The third-order valence-electron chi connectivity index (χ3n) is 3.05. The quantitative estimate of drug-likeness (QED) is 0.854. The Hall–Kier alpha value is -0.240. The van der Waals surface area contributed by atoms with Gasteiger partial charge in [-0.3, -0.25) is 0 Å². The highest BCUT2D eigenvalue weighted by Gasteiger charge is 2.30. The summed E-state index contributed by atoms with van der Waals surface area (Å²) in [5.74, 6) is 0.808. The molecule has 0 aromatic heterocycles. The van der Waals surface area contributed by atoms with Gasteiger partial charge in [0, 0.05) is 16.1 Å². The molecule has 1 aliphatic rings. The van der Waals surface area contributed by atoms with E-state index >= 15 is 0 Å². The second-order valence-corrected chi connectivity index (χ2v) is 4.95. The summed E-state index contributed by atoms with van der Waals surface area (Å²) >= 11 is 12.3. The second-order valence-electron chi connectivity index (χ2n) is 4.14. The Morgan fingerprint density at radius 1 is 1.33 bits per heavy atom. The molecule has 1 nitrogen and oxygen atoms in total. The highest BCUT2D eigenvalue weighted by molar-refractivity contribution is 6.36. The van der Waals surface area contributed by atoms with E-state index in [4.69, 9.17) is 23.2 Å². The summed E-state index contributed by atoms with van der Waals surface area (Å²) in [4.78, 5) is 0. The highest BCUT2D eigenvalue weighted by atomic mass is 35.5. The maximum Gasteiger partial charge on any atom is 0.0453 e. The fourth-order valence-corrected chi connectivity index (χ4v) is 2.50. The van der Waals surface area contributed by atoms with Crippen molar-refractivity contribution in [1.82, 2.24) is 5.32 Å². The lowest BCUT2D eigenvalue weighted by molar-refractivity contribution is 0.500. The van der Waals surface area contributed by atoms with E-state index < -0.39 is 0 Å². The van der Waals surface area contributed by atoms with Crippen LogP contribution >= 0.6 is 23.2 Å². The molecule has 1 fully saturated rings. The van der Waals surface area contributed by atoms with Crippen LogP contribution < -0.4 is 5.32 Å². The zero-order valence-electron chi connectivity index (χ0n) is 8.76. The van der Waals surface area contributed by atoms with Gasteiger partial charge in [0.15, 0.2) is 0 Å². The van der Waals surface area contributed by atoms with Crippen molar-refractivity contribution in [3.8, 4) is 0 Å². The molecule has 1 aliphatic carbocycles. The normalized spacial score (nSPS) is 17.8. The van der Waals surface area contributed by atoms with Gasteiger partial charge in [-0.1, -0.05) is 29.3 Å². The Kier molecular flexibility index (Phi) is 3.55. The van der Waals surface area contributed by atoms with Gasteiger partial charge in [-0.15, -0.1) is 0 Å². The van der Waals surface area contributed by atoms with Gasteiger partial charge in [-0.25, -0.2) is 0 Å². The molecule has 0 saturated heterocycles. The van der Waals surface area contributed by atoms with E-state index in [9.17, 15) is 0 Å². The van der Waals surface area contributed by atoms with Gasteiger partial charge < -0.3 is 5.32 Å². The van der Waals surface area contributed by atoms with Crippen molar-refractivity contribution in [1.29, 1.82) is 0 Å². The minimum atomic E-state index is 0.516. The van der Waals surface area contributed by atoms with Gasteiger partial charge in [0.05, 0.1) is 0 Å². The first-order chi connectivity index (χ1) is 7.22. The van der Waals surface area contributed by atoms with Crippen molar-refractivity contribution >= 4 is 23.2 Å². The SMILES string of the molecule is CNC(Cc1c(Cl)cccc1Cl)C1CC1.